The summed E-state index contributed by atoms with van der Waals surface area (Å²) >= 11 is 0. The minimum Gasteiger partial charge on any atom is -0.342 e. The minimum absolute atomic E-state index is 0.00536. The normalized spacial score (nSPS) is 31.3. The molecule has 2 aliphatic heterocycles. The van der Waals surface area contributed by atoms with Crippen molar-refractivity contribution in [3.63, 3.8) is 0 Å². The van der Waals surface area contributed by atoms with Crippen molar-refractivity contribution >= 4 is 5.91 Å². The maximum atomic E-state index is 13.9. The number of likely N-dealkylation sites (tertiary alicyclic amines) is 1. The summed E-state index contributed by atoms with van der Waals surface area (Å²) in [4.78, 5) is 15.2. The molecular formula is C21H29F2N3O. The fourth-order valence-electron chi connectivity index (χ4n) is 4.75. The van der Waals surface area contributed by atoms with Crippen LogP contribution in [0.5, 0.6) is 0 Å². The standard InChI is InChI=1S/C21H29F2N3O/c1-13-19(20(25-24-13)16-6-7-16)21(27)26-10-2-3-14(12-26)4-5-15-8-9-17(22)11-18(15)23/h8-9,11,13-14,16,19-20,24-25H,2-7,10,12H2,1H3. The molecule has 4 unspecified atom stereocenters. The highest BCUT2D eigenvalue weighted by atomic mass is 19.1. The predicted molar refractivity (Wildman–Crippen MR) is 99.7 cm³/mol. The third-order valence-corrected chi connectivity index (χ3v) is 6.49. The Kier molecular flexibility index (Phi) is 5.46. The Labute approximate surface area is 159 Å². The monoisotopic (exact) mass is 377 g/mol. The van der Waals surface area contributed by atoms with Gasteiger partial charge in [-0.2, -0.15) is 0 Å². The first-order chi connectivity index (χ1) is 13.0. The molecule has 1 saturated carbocycles. The van der Waals surface area contributed by atoms with E-state index in [4.69, 9.17) is 0 Å². The number of rotatable bonds is 5. The van der Waals surface area contributed by atoms with Gasteiger partial charge in [0.1, 0.15) is 11.6 Å². The molecule has 4 rings (SSSR count). The Morgan fingerprint density at radius 1 is 1.22 bits per heavy atom. The van der Waals surface area contributed by atoms with E-state index in [1.807, 2.05) is 4.90 Å². The molecule has 6 heteroatoms. The summed E-state index contributed by atoms with van der Waals surface area (Å²) in [5.74, 6) is 0.259. The summed E-state index contributed by atoms with van der Waals surface area (Å²) in [6.07, 6.45) is 5.90. The van der Waals surface area contributed by atoms with Crippen LogP contribution in [0.15, 0.2) is 18.2 Å². The van der Waals surface area contributed by atoms with Crippen LogP contribution in [0.25, 0.3) is 0 Å². The number of hydrazine groups is 1. The van der Waals surface area contributed by atoms with Crippen molar-refractivity contribution in [2.45, 2.75) is 57.5 Å². The van der Waals surface area contributed by atoms with Crippen molar-refractivity contribution in [1.82, 2.24) is 15.8 Å². The second-order valence-electron chi connectivity index (χ2n) is 8.53. The van der Waals surface area contributed by atoms with Gasteiger partial charge in [-0.15, -0.1) is 0 Å². The van der Waals surface area contributed by atoms with Gasteiger partial charge in [-0.05, 0) is 68.9 Å². The molecule has 4 nitrogen and oxygen atoms in total. The van der Waals surface area contributed by atoms with E-state index >= 15 is 0 Å². The third-order valence-electron chi connectivity index (χ3n) is 6.49. The van der Waals surface area contributed by atoms with Crippen LogP contribution in [0, 0.1) is 29.4 Å². The number of nitrogens with zero attached hydrogens (tertiary/aromatic N) is 1. The summed E-state index contributed by atoms with van der Waals surface area (Å²) in [5.41, 5.74) is 7.16. The number of carbonyl (C=O) groups excluding carboxylic acids is 1. The number of aryl methyl sites for hydroxylation is 1. The van der Waals surface area contributed by atoms with Crippen LogP contribution in [-0.4, -0.2) is 36.0 Å². The van der Waals surface area contributed by atoms with Crippen molar-refractivity contribution in [2.75, 3.05) is 13.1 Å². The molecule has 0 radical (unpaired) electrons. The molecule has 148 valence electrons. The Morgan fingerprint density at radius 2 is 2.04 bits per heavy atom. The van der Waals surface area contributed by atoms with E-state index in [0.29, 0.717) is 23.8 Å². The number of nitrogens with one attached hydrogen (secondary N) is 2. The van der Waals surface area contributed by atoms with Gasteiger partial charge in [-0.25, -0.2) is 8.78 Å². The van der Waals surface area contributed by atoms with Gasteiger partial charge in [0.15, 0.2) is 0 Å². The van der Waals surface area contributed by atoms with Crippen LogP contribution >= 0.6 is 0 Å². The number of carbonyl (C=O) groups is 1. The number of hydrogen-bond donors (Lipinski definition) is 2. The quantitative estimate of drug-likeness (QED) is 0.829. The number of benzene rings is 1. The number of amides is 1. The number of halogens is 2. The summed E-state index contributed by atoms with van der Waals surface area (Å²) in [5, 5.41) is 0. The third kappa shape index (κ3) is 4.16. The molecule has 1 amide bonds. The fourth-order valence-corrected chi connectivity index (χ4v) is 4.75. The van der Waals surface area contributed by atoms with Crippen LogP contribution in [-0.2, 0) is 11.2 Å². The Morgan fingerprint density at radius 3 is 2.78 bits per heavy atom. The molecule has 2 saturated heterocycles. The Balaban J connectivity index is 1.35. The summed E-state index contributed by atoms with van der Waals surface area (Å²) in [6, 6.07) is 4.20. The van der Waals surface area contributed by atoms with Crippen molar-refractivity contribution in [3.8, 4) is 0 Å². The zero-order chi connectivity index (χ0) is 19.0. The van der Waals surface area contributed by atoms with E-state index in [2.05, 4.69) is 17.8 Å². The molecule has 1 aromatic carbocycles. The minimum atomic E-state index is -0.538. The van der Waals surface area contributed by atoms with Gasteiger partial charge in [0.05, 0.1) is 5.92 Å². The molecule has 3 aliphatic rings. The largest absolute Gasteiger partial charge is 0.342 e. The average Bonchev–Trinajstić information content (AvgIpc) is 3.43. The molecule has 4 atom stereocenters. The van der Waals surface area contributed by atoms with Gasteiger partial charge in [-0.1, -0.05) is 6.07 Å². The van der Waals surface area contributed by atoms with Gasteiger partial charge >= 0.3 is 0 Å². The molecule has 1 aromatic rings. The lowest BCUT2D eigenvalue weighted by Gasteiger charge is -2.36. The van der Waals surface area contributed by atoms with Crippen molar-refractivity contribution < 1.29 is 13.6 Å². The van der Waals surface area contributed by atoms with Gasteiger partial charge in [-0.3, -0.25) is 15.6 Å². The lowest BCUT2D eigenvalue weighted by atomic mass is 9.87. The summed E-state index contributed by atoms with van der Waals surface area (Å²) in [6.45, 7) is 3.65. The second kappa shape index (κ2) is 7.84. The molecule has 2 heterocycles. The van der Waals surface area contributed by atoms with Gasteiger partial charge in [0, 0.05) is 31.2 Å². The maximum absolute atomic E-state index is 13.9. The Bertz CT molecular complexity index is 694. The highest BCUT2D eigenvalue weighted by Gasteiger charge is 2.47. The molecule has 0 bridgehead atoms. The van der Waals surface area contributed by atoms with Crippen LogP contribution in [0.3, 0.4) is 0 Å². The number of piperidine rings is 1. The van der Waals surface area contributed by atoms with Crippen molar-refractivity contribution in [1.29, 1.82) is 0 Å². The molecule has 2 N–H and O–H groups in total. The van der Waals surface area contributed by atoms with E-state index < -0.39 is 11.6 Å². The summed E-state index contributed by atoms with van der Waals surface area (Å²) in [7, 11) is 0. The molecule has 1 aliphatic carbocycles. The maximum Gasteiger partial charge on any atom is 0.228 e. The fraction of sp³-hybridized carbons (Fsp3) is 0.667. The van der Waals surface area contributed by atoms with E-state index in [1.54, 1.807) is 0 Å². The van der Waals surface area contributed by atoms with E-state index in [-0.39, 0.29) is 23.9 Å². The highest BCUT2D eigenvalue weighted by Crippen LogP contribution is 2.39. The van der Waals surface area contributed by atoms with E-state index in [0.717, 1.165) is 38.4 Å². The second-order valence-corrected chi connectivity index (χ2v) is 8.53. The van der Waals surface area contributed by atoms with Crippen molar-refractivity contribution in [2.24, 2.45) is 17.8 Å². The molecule has 27 heavy (non-hydrogen) atoms. The van der Waals surface area contributed by atoms with Gasteiger partial charge in [0.25, 0.3) is 0 Å². The molecule has 0 spiro atoms. The first-order valence-electron chi connectivity index (χ1n) is 10.3. The lowest BCUT2D eigenvalue weighted by molar-refractivity contribution is -0.138. The SMILES string of the molecule is CC1NNC(C2CC2)C1C(=O)N1CCCC(CCc2ccc(F)cc2F)C1. The summed E-state index contributed by atoms with van der Waals surface area (Å²) < 4.78 is 26.9. The molecule has 3 fully saturated rings. The van der Waals surface area contributed by atoms with Crippen LogP contribution in [0.4, 0.5) is 8.78 Å². The van der Waals surface area contributed by atoms with Crippen molar-refractivity contribution in [3.05, 3.63) is 35.4 Å². The zero-order valence-corrected chi connectivity index (χ0v) is 15.9. The first kappa shape index (κ1) is 18.8. The van der Waals surface area contributed by atoms with Crippen LogP contribution in [0.1, 0.15) is 44.6 Å². The highest BCUT2D eigenvalue weighted by molar-refractivity contribution is 5.81. The van der Waals surface area contributed by atoms with Gasteiger partial charge in [0.2, 0.25) is 5.91 Å². The first-order valence-corrected chi connectivity index (χ1v) is 10.3. The molecular weight excluding hydrogens is 348 g/mol. The number of hydrogen-bond acceptors (Lipinski definition) is 3. The van der Waals surface area contributed by atoms with Crippen LogP contribution in [0.2, 0.25) is 0 Å². The van der Waals surface area contributed by atoms with Crippen LogP contribution < -0.4 is 10.9 Å². The smallest absolute Gasteiger partial charge is 0.228 e. The zero-order valence-electron chi connectivity index (χ0n) is 15.9. The van der Waals surface area contributed by atoms with E-state index in [9.17, 15) is 13.6 Å². The molecule has 0 aromatic heterocycles. The van der Waals surface area contributed by atoms with Gasteiger partial charge < -0.3 is 4.90 Å². The van der Waals surface area contributed by atoms with E-state index in [1.165, 1.54) is 25.0 Å². The predicted octanol–water partition coefficient (Wildman–Crippen LogP) is 3.03. The Hall–Kier alpha value is -1.53. The lowest BCUT2D eigenvalue weighted by Crippen LogP contribution is -2.48. The average molecular weight is 377 g/mol. The topological polar surface area (TPSA) is 44.4 Å².